The zero-order valence-electron chi connectivity index (χ0n) is 10.0. The maximum atomic E-state index is 5.58. The fraction of sp³-hybridized carbons (Fsp3) is 0.429. The number of methoxy groups -OCH3 is 1. The first-order valence-electron chi connectivity index (χ1n) is 5.63. The van der Waals surface area contributed by atoms with E-state index in [0.717, 1.165) is 24.3 Å². The Bertz CT molecular complexity index is 379. The fourth-order valence-electron chi connectivity index (χ4n) is 1.27. The largest absolute Gasteiger partial charge is 0.493 e. The van der Waals surface area contributed by atoms with Crippen LogP contribution in [-0.2, 0) is 4.74 Å². The van der Waals surface area contributed by atoms with Gasteiger partial charge in [-0.25, -0.2) is 0 Å². The molecule has 17 heavy (non-hydrogen) atoms. The highest BCUT2D eigenvalue weighted by Gasteiger charge is 1.94. The normalized spacial score (nSPS) is 9.53. The number of hydrogen-bond acceptors (Lipinski definition) is 2. The SMILES string of the molecule is COCCCOc1cccc(C#CCCCl)c1. The second kappa shape index (κ2) is 8.92. The van der Waals surface area contributed by atoms with E-state index in [-0.39, 0.29) is 0 Å². The smallest absolute Gasteiger partial charge is 0.120 e. The van der Waals surface area contributed by atoms with Gasteiger partial charge in [-0.1, -0.05) is 17.9 Å². The van der Waals surface area contributed by atoms with Crippen molar-refractivity contribution >= 4 is 11.6 Å². The van der Waals surface area contributed by atoms with Crippen LogP contribution in [0.15, 0.2) is 24.3 Å². The summed E-state index contributed by atoms with van der Waals surface area (Å²) in [6, 6.07) is 7.77. The number of rotatable bonds is 6. The van der Waals surface area contributed by atoms with Gasteiger partial charge in [-0.15, -0.1) is 11.6 Å². The van der Waals surface area contributed by atoms with Gasteiger partial charge in [0, 0.05) is 38.0 Å². The Balaban J connectivity index is 2.46. The van der Waals surface area contributed by atoms with Crippen LogP contribution in [0.3, 0.4) is 0 Å². The Kier molecular flexibility index (Phi) is 7.29. The Hall–Kier alpha value is -1.17. The summed E-state index contributed by atoms with van der Waals surface area (Å²) in [5, 5.41) is 0. The highest BCUT2D eigenvalue weighted by atomic mass is 35.5. The highest BCUT2D eigenvalue weighted by molar-refractivity contribution is 6.18. The minimum atomic E-state index is 0.570. The van der Waals surface area contributed by atoms with Gasteiger partial charge in [0.2, 0.25) is 0 Å². The Labute approximate surface area is 108 Å². The minimum Gasteiger partial charge on any atom is -0.493 e. The van der Waals surface area contributed by atoms with Crippen molar-refractivity contribution in [1.29, 1.82) is 0 Å². The molecule has 1 aromatic carbocycles. The van der Waals surface area contributed by atoms with Gasteiger partial charge in [0.25, 0.3) is 0 Å². The molecule has 0 aromatic heterocycles. The second-order valence-electron chi connectivity index (χ2n) is 3.46. The van der Waals surface area contributed by atoms with E-state index < -0.39 is 0 Å². The van der Waals surface area contributed by atoms with Crippen molar-refractivity contribution in [2.24, 2.45) is 0 Å². The standard InChI is InChI=1S/C14H17ClO2/c1-16-10-5-11-17-14-8-4-7-13(12-14)6-2-3-9-15/h4,7-8,12H,3,5,9-11H2,1H3. The van der Waals surface area contributed by atoms with Crippen molar-refractivity contribution in [3.05, 3.63) is 29.8 Å². The van der Waals surface area contributed by atoms with Crippen molar-refractivity contribution in [3.63, 3.8) is 0 Å². The lowest BCUT2D eigenvalue weighted by Crippen LogP contribution is -2.01. The van der Waals surface area contributed by atoms with Crippen LogP contribution in [0.1, 0.15) is 18.4 Å². The van der Waals surface area contributed by atoms with E-state index in [4.69, 9.17) is 21.1 Å². The summed E-state index contributed by atoms with van der Waals surface area (Å²) < 4.78 is 10.5. The van der Waals surface area contributed by atoms with Crippen molar-refractivity contribution in [2.45, 2.75) is 12.8 Å². The Morgan fingerprint density at radius 2 is 2.18 bits per heavy atom. The molecule has 1 rings (SSSR count). The van der Waals surface area contributed by atoms with Crippen molar-refractivity contribution in [1.82, 2.24) is 0 Å². The number of hydrogen-bond donors (Lipinski definition) is 0. The minimum absolute atomic E-state index is 0.570. The second-order valence-corrected chi connectivity index (χ2v) is 3.84. The molecule has 0 atom stereocenters. The van der Waals surface area contributed by atoms with Crippen molar-refractivity contribution < 1.29 is 9.47 Å². The van der Waals surface area contributed by atoms with E-state index in [1.807, 2.05) is 24.3 Å². The van der Waals surface area contributed by atoms with E-state index >= 15 is 0 Å². The van der Waals surface area contributed by atoms with Gasteiger partial charge in [-0.2, -0.15) is 0 Å². The maximum absolute atomic E-state index is 5.58. The Morgan fingerprint density at radius 1 is 1.29 bits per heavy atom. The van der Waals surface area contributed by atoms with Crippen LogP contribution in [0.4, 0.5) is 0 Å². The van der Waals surface area contributed by atoms with E-state index in [2.05, 4.69) is 11.8 Å². The molecule has 0 aliphatic rings. The van der Waals surface area contributed by atoms with Crippen LogP contribution < -0.4 is 4.74 Å². The lowest BCUT2D eigenvalue weighted by Gasteiger charge is -2.05. The molecule has 0 saturated heterocycles. The third kappa shape index (κ3) is 6.21. The summed E-state index contributed by atoms with van der Waals surface area (Å²) in [6.45, 7) is 1.38. The Morgan fingerprint density at radius 3 is 2.94 bits per heavy atom. The van der Waals surface area contributed by atoms with Gasteiger partial charge in [-0.05, 0) is 18.2 Å². The molecule has 0 radical (unpaired) electrons. The van der Waals surface area contributed by atoms with E-state index in [1.54, 1.807) is 7.11 Å². The molecular weight excluding hydrogens is 236 g/mol. The predicted octanol–water partition coefficient (Wildman–Crippen LogP) is 3.08. The maximum Gasteiger partial charge on any atom is 0.120 e. The first-order valence-corrected chi connectivity index (χ1v) is 6.17. The van der Waals surface area contributed by atoms with Crippen molar-refractivity contribution in [2.75, 3.05) is 26.2 Å². The van der Waals surface area contributed by atoms with Gasteiger partial charge in [0.1, 0.15) is 5.75 Å². The van der Waals surface area contributed by atoms with Crippen LogP contribution in [0.25, 0.3) is 0 Å². The summed E-state index contributed by atoms with van der Waals surface area (Å²) >= 11 is 5.56. The summed E-state index contributed by atoms with van der Waals surface area (Å²) in [6.07, 6.45) is 1.60. The number of halogens is 1. The van der Waals surface area contributed by atoms with Crippen LogP contribution in [-0.4, -0.2) is 26.2 Å². The molecule has 0 N–H and O–H groups in total. The first-order chi connectivity index (χ1) is 8.36. The average Bonchev–Trinajstić information content (AvgIpc) is 2.36. The van der Waals surface area contributed by atoms with E-state index in [9.17, 15) is 0 Å². The summed E-state index contributed by atoms with van der Waals surface area (Å²) in [5.41, 5.74) is 0.958. The molecule has 0 bridgehead atoms. The zero-order chi connectivity index (χ0) is 12.3. The van der Waals surface area contributed by atoms with E-state index in [0.29, 0.717) is 18.9 Å². The number of ether oxygens (including phenoxy) is 2. The van der Waals surface area contributed by atoms with Crippen LogP contribution >= 0.6 is 11.6 Å². The van der Waals surface area contributed by atoms with Gasteiger partial charge >= 0.3 is 0 Å². The molecule has 1 aromatic rings. The molecule has 0 saturated carbocycles. The first kappa shape index (κ1) is 13.9. The number of benzene rings is 1. The molecule has 92 valence electrons. The van der Waals surface area contributed by atoms with Gasteiger partial charge in [0.05, 0.1) is 6.61 Å². The quantitative estimate of drug-likeness (QED) is 0.440. The van der Waals surface area contributed by atoms with Crippen molar-refractivity contribution in [3.8, 4) is 17.6 Å². The molecule has 0 aliphatic heterocycles. The third-order valence-electron chi connectivity index (χ3n) is 2.05. The zero-order valence-corrected chi connectivity index (χ0v) is 10.8. The van der Waals surface area contributed by atoms with Gasteiger partial charge in [-0.3, -0.25) is 0 Å². The highest BCUT2D eigenvalue weighted by Crippen LogP contribution is 2.12. The molecule has 0 aliphatic carbocycles. The van der Waals surface area contributed by atoms with Gasteiger partial charge < -0.3 is 9.47 Å². The predicted molar refractivity (Wildman–Crippen MR) is 70.6 cm³/mol. The monoisotopic (exact) mass is 252 g/mol. The molecule has 0 amide bonds. The lowest BCUT2D eigenvalue weighted by molar-refractivity contribution is 0.172. The van der Waals surface area contributed by atoms with Crippen LogP contribution in [0, 0.1) is 11.8 Å². The summed E-state index contributed by atoms with van der Waals surface area (Å²) in [4.78, 5) is 0. The molecule has 0 fully saturated rings. The van der Waals surface area contributed by atoms with Crippen LogP contribution in [0.5, 0.6) is 5.75 Å². The third-order valence-corrected chi connectivity index (χ3v) is 2.24. The summed E-state index contributed by atoms with van der Waals surface area (Å²) in [5.74, 6) is 7.46. The van der Waals surface area contributed by atoms with E-state index in [1.165, 1.54) is 0 Å². The topological polar surface area (TPSA) is 18.5 Å². The molecule has 3 heteroatoms. The van der Waals surface area contributed by atoms with Crippen LogP contribution in [0.2, 0.25) is 0 Å². The average molecular weight is 253 g/mol. The molecule has 0 heterocycles. The number of alkyl halides is 1. The van der Waals surface area contributed by atoms with Gasteiger partial charge in [0.15, 0.2) is 0 Å². The fourth-order valence-corrected chi connectivity index (χ4v) is 1.36. The molecular formula is C14H17ClO2. The molecule has 2 nitrogen and oxygen atoms in total. The summed E-state index contributed by atoms with van der Waals surface area (Å²) in [7, 11) is 1.69. The molecule has 0 spiro atoms. The lowest BCUT2D eigenvalue weighted by atomic mass is 10.2. The molecule has 0 unspecified atom stereocenters.